The van der Waals surface area contributed by atoms with Crippen molar-refractivity contribution < 1.29 is 4.79 Å². The van der Waals surface area contributed by atoms with Crippen molar-refractivity contribution in [3.8, 4) is 0 Å². The third-order valence-electron chi connectivity index (χ3n) is 4.44. The van der Waals surface area contributed by atoms with Gasteiger partial charge in [-0.1, -0.05) is 59.5 Å². The minimum atomic E-state index is -0.117. The molecule has 0 radical (unpaired) electrons. The Labute approximate surface area is 161 Å². The molecule has 2 aromatic carbocycles. The van der Waals surface area contributed by atoms with Crippen molar-refractivity contribution in [1.29, 1.82) is 0 Å². The molecule has 3 aromatic rings. The Morgan fingerprint density at radius 3 is 2.69 bits per heavy atom. The first-order chi connectivity index (χ1) is 12.8. The van der Waals surface area contributed by atoms with E-state index in [9.17, 15) is 4.79 Å². The molecule has 0 fully saturated rings. The summed E-state index contributed by atoms with van der Waals surface area (Å²) in [4.78, 5) is 12.5. The lowest BCUT2D eigenvalue weighted by Crippen LogP contribution is -2.13. The van der Waals surface area contributed by atoms with Crippen LogP contribution < -0.4 is 5.32 Å². The summed E-state index contributed by atoms with van der Waals surface area (Å²) in [6.45, 7) is 0. The second-order valence-electron chi connectivity index (χ2n) is 6.29. The molecule has 0 unspecified atom stereocenters. The number of hydrogen-bond donors (Lipinski definition) is 1. The number of thioether (sulfide) groups is 1. The fourth-order valence-corrected chi connectivity index (χ4v) is 4.78. The Balaban J connectivity index is 1.38. The molecule has 0 atom stereocenters. The largest absolute Gasteiger partial charge is 0.296 e. The van der Waals surface area contributed by atoms with E-state index in [0.29, 0.717) is 10.7 Å². The first-order valence-corrected chi connectivity index (χ1v) is 10.5. The maximum atomic E-state index is 12.5. The normalized spacial score (nSPS) is 13.2. The molecule has 0 bridgehead atoms. The summed E-state index contributed by atoms with van der Waals surface area (Å²) in [5.41, 5.74) is 4.62. The summed E-state index contributed by atoms with van der Waals surface area (Å²) in [6, 6.07) is 16.3. The van der Waals surface area contributed by atoms with Crippen molar-refractivity contribution >= 4 is 34.1 Å². The number of carbonyl (C=O) groups excluding carboxylic acids is 1. The summed E-state index contributed by atoms with van der Waals surface area (Å²) in [6.07, 6.45) is 4.63. The average molecular weight is 382 g/mol. The van der Waals surface area contributed by atoms with Gasteiger partial charge in [-0.2, -0.15) is 0 Å². The Bertz CT molecular complexity index is 908. The van der Waals surface area contributed by atoms with E-state index >= 15 is 0 Å². The molecule has 26 heavy (non-hydrogen) atoms. The van der Waals surface area contributed by atoms with E-state index in [1.165, 1.54) is 40.9 Å². The van der Waals surface area contributed by atoms with Crippen LogP contribution in [0.2, 0.25) is 0 Å². The predicted octanol–water partition coefficient (Wildman–Crippen LogP) is 4.96. The zero-order chi connectivity index (χ0) is 17.8. The van der Waals surface area contributed by atoms with Crippen LogP contribution in [0.25, 0.3) is 0 Å². The molecule has 0 aliphatic heterocycles. The standard InChI is InChI=1S/C20H19N3OS2/c24-18(17-11-10-15-8-4-5-9-16(15)12-17)21-19-22-23-20(26-19)25-13-14-6-2-1-3-7-14/h1-3,6-7,10-12H,4-5,8-9,13H2,(H,21,22,24). The number of aryl methyl sites for hydroxylation is 2. The van der Waals surface area contributed by atoms with E-state index in [-0.39, 0.29) is 5.91 Å². The van der Waals surface area contributed by atoms with Gasteiger partial charge in [-0.05, 0) is 54.5 Å². The van der Waals surface area contributed by atoms with E-state index in [1.54, 1.807) is 11.8 Å². The fourth-order valence-electron chi connectivity index (χ4n) is 3.08. The molecule has 1 heterocycles. The van der Waals surface area contributed by atoms with Gasteiger partial charge in [0.05, 0.1) is 0 Å². The van der Waals surface area contributed by atoms with Crippen molar-refractivity contribution in [2.24, 2.45) is 0 Å². The zero-order valence-electron chi connectivity index (χ0n) is 14.3. The first-order valence-electron chi connectivity index (χ1n) is 8.71. The summed E-state index contributed by atoms with van der Waals surface area (Å²) >= 11 is 3.04. The molecule has 1 aliphatic rings. The van der Waals surface area contributed by atoms with Crippen molar-refractivity contribution in [3.05, 3.63) is 70.8 Å². The molecule has 0 saturated carbocycles. The maximum Gasteiger partial charge on any atom is 0.257 e. The lowest BCUT2D eigenvalue weighted by Gasteiger charge is -2.16. The van der Waals surface area contributed by atoms with Gasteiger partial charge in [0.1, 0.15) is 0 Å². The highest BCUT2D eigenvalue weighted by Crippen LogP contribution is 2.29. The molecule has 1 aliphatic carbocycles. The van der Waals surface area contributed by atoms with Crippen LogP contribution in [0.15, 0.2) is 52.9 Å². The molecule has 0 saturated heterocycles. The summed E-state index contributed by atoms with van der Waals surface area (Å²) in [5.74, 6) is 0.725. The number of rotatable bonds is 5. The predicted molar refractivity (Wildman–Crippen MR) is 107 cm³/mol. The average Bonchev–Trinajstić information content (AvgIpc) is 3.14. The third kappa shape index (κ3) is 4.14. The van der Waals surface area contributed by atoms with E-state index in [4.69, 9.17) is 0 Å². The van der Waals surface area contributed by atoms with E-state index < -0.39 is 0 Å². The molecular weight excluding hydrogens is 362 g/mol. The second kappa shape index (κ2) is 8.01. The number of benzene rings is 2. The van der Waals surface area contributed by atoms with Gasteiger partial charge < -0.3 is 0 Å². The van der Waals surface area contributed by atoms with Crippen LogP contribution in [0, 0.1) is 0 Å². The van der Waals surface area contributed by atoms with Gasteiger partial charge in [0, 0.05) is 11.3 Å². The zero-order valence-corrected chi connectivity index (χ0v) is 15.9. The number of nitrogens with one attached hydrogen (secondary N) is 1. The highest BCUT2D eigenvalue weighted by Gasteiger charge is 2.14. The van der Waals surface area contributed by atoms with Crippen LogP contribution in [0.5, 0.6) is 0 Å². The SMILES string of the molecule is O=C(Nc1nnc(SCc2ccccc2)s1)c1ccc2c(c1)CCCC2. The topological polar surface area (TPSA) is 54.9 Å². The Kier molecular flexibility index (Phi) is 5.32. The quantitative estimate of drug-likeness (QED) is 0.501. The molecular formula is C20H19N3OS2. The van der Waals surface area contributed by atoms with Crippen molar-refractivity contribution in [2.75, 3.05) is 5.32 Å². The molecule has 1 aromatic heterocycles. The molecule has 6 heteroatoms. The number of amides is 1. The monoisotopic (exact) mass is 381 g/mol. The second-order valence-corrected chi connectivity index (χ2v) is 8.49. The van der Waals surface area contributed by atoms with E-state index in [1.807, 2.05) is 30.3 Å². The summed E-state index contributed by atoms with van der Waals surface area (Å²) < 4.78 is 0.856. The third-order valence-corrected chi connectivity index (χ3v) is 6.49. The highest BCUT2D eigenvalue weighted by molar-refractivity contribution is 8.00. The minimum Gasteiger partial charge on any atom is -0.296 e. The molecule has 4 nitrogen and oxygen atoms in total. The van der Waals surface area contributed by atoms with E-state index in [2.05, 4.69) is 33.7 Å². The summed E-state index contributed by atoms with van der Waals surface area (Å²) in [7, 11) is 0. The van der Waals surface area contributed by atoms with Gasteiger partial charge in [0.15, 0.2) is 4.34 Å². The van der Waals surface area contributed by atoms with Gasteiger partial charge in [-0.25, -0.2) is 0 Å². The van der Waals surface area contributed by atoms with Gasteiger partial charge >= 0.3 is 0 Å². The van der Waals surface area contributed by atoms with Crippen molar-refractivity contribution in [3.63, 3.8) is 0 Å². The van der Waals surface area contributed by atoms with Crippen LogP contribution >= 0.6 is 23.1 Å². The van der Waals surface area contributed by atoms with Crippen LogP contribution in [-0.2, 0) is 18.6 Å². The van der Waals surface area contributed by atoms with Crippen molar-refractivity contribution in [2.45, 2.75) is 35.8 Å². The highest BCUT2D eigenvalue weighted by atomic mass is 32.2. The van der Waals surface area contributed by atoms with Crippen LogP contribution in [0.4, 0.5) is 5.13 Å². The fraction of sp³-hybridized carbons (Fsp3) is 0.250. The smallest absolute Gasteiger partial charge is 0.257 e. The molecule has 4 rings (SSSR count). The Hall–Kier alpha value is -2.18. The number of nitrogens with zero attached hydrogens (tertiary/aromatic N) is 2. The van der Waals surface area contributed by atoms with Gasteiger partial charge in [-0.15, -0.1) is 10.2 Å². The number of aromatic nitrogens is 2. The molecule has 1 amide bonds. The number of anilines is 1. The molecule has 132 valence electrons. The van der Waals surface area contributed by atoms with E-state index in [0.717, 1.165) is 22.9 Å². The minimum absolute atomic E-state index is 0.117. The number of carbonyl (C=O) groups is 1. The first kappa shape index (κ1) is 17.2. The lowest BCUT2D eigenvalue weighted by molar-refractivity contribution is 0.102. The van der Waals surface area contributed by atoms with Gasteiger partial charge in [-0.3, -0.25) is 10.1 Å². The Morgan fingerprint density at radius 1 is 1.04 bits per heavy atom. The lowest BCUT2D eigenvalue weighted by atomic mass is 9.90. The van der Waals surface area contributed by atoms with Crippen LogP contribution in [-0.4, -0.2) is 16.1 Å². The molecule has 0 spiro atoms. The van der Waals surface area contributed by atoms with Crippen LogP contribution in [0.1, 0.15) is 39.9 Å². The Morgan fingerprint density at radius 2 is 1.85 bits per heavy atom. The maximum absolute atomic E-state index is 12.5. The number of fused-ring (bicyclic) bond motifs is 1. The van der Waals surface area contributed by atoms with Crippen LogP contribution in [0.3, 0.4) is 0 Å². The van der Waals surface area contributed by atoms with Crippen molar-refractivity contribution in [1.82, 2.24) is 10.2 Å². The molecule has 1 N–H and O–H groups in total. The van der Waals surface area contributed by atoms with Gasteiger partial charge in [0.25, 0.3) is 5.91 Å². The number of hydrogen-bond acceptors (Lipinski definition) is 5. The summed E-state index contributed by atoms with van der Waals surface area (Å²) in [5, 5.41) is 11.7. The van der Waals surface area contributed by atoms with Gasteiger partial charge in [0.2, 0.25) is 5.13 Å².